The van der Waals surface area contributed by atoms with Crippen LogP contribution in [0.1, 0.15) is 29.9 Å². The molecule has 0 atom stereocenters. The van der Waals surface area contributed by atoms with Gasteiger partial charge in [-0.05, 0) is 42.3 Å². The molecule has 0 aliphatic carbocycles. The first-order valence-electron chi connectivity index (χ1n) is 8.06. The highest BCUT2D eigenvalue weighted by atomic mass is 32.2. The van der Waals surface area contributed by atoms with E-state index in [0.29, 0.717) is 17.8 Å². The summed E-state index contributed by atoms with van der Waals surface area (Å²) in [5.74, 6) is -0.0832. The van der Waals surface area contributed by atoms with Gasteiger partial charge in [-0.25, -0.2) is 8.42 Å². The number of nitrogens with zero attached hydrogens (tertiary/aromatic N) is 2. The highest BCUT2D eigenvalue weighted by Crippen LogP contribution is 2.20. The summed E-state index contributed by atoms with van der Waals surface area (Å²) < 4.78 is 27.5. The zero-order valence-corrected chi connectivity index (χ0v) is 15.5. The largest absolute Gasteiger partial charge is 0.355 e. The van der Waals surface area contributed by atoms with Gasteiger partial charge in [0, 0.05) is 25.4 Å². The van der Waals surface area contributed by atoms with Crippen molar-refractivity contribution < 1.29 is 13.2 Å². The molecule has 0 bridgehead atoms. The number of carbonyl (C=O) groups excluding carboxylic acids is 1. The zero-order chi connectivity index (χ0) is 18.4. The topological polar surface area (TPSA) is 79.4 Å². The molecule has 1 N–H and O–H groups in total. The van der Waals surface area contributed by atoms with Crippen LogP contribution in [0.2, 0.25) is 0 Å². The number of rotatable bonds is 7. The second-order valence-corrected chi connectivity index (χ2v) is 8.05. The number of aromatic nitrogens is 1. The first kappa shape index (κ1) is 19.1. The fourth-order valence-electron chi connectivity index (χ4n) is 2.40. The Balaban J connectivity index is 2.32. The molecule has 1 heterocycles. The summed E-state index contributed by atoms with van der Waals surface area (Å²) in [4.78, 5) is 16.0. The summed E-state index contributed by atoms with van der Waals surface area (Å²) in [6, 6.07) is 11.4. The Morgan fingerprint density at radius 2 is 1.84 bits per heavy atom. The van der Waals surface area contributed by atoms with Gasteiger partial charge in [0.1, 0.15) is 0 Å². The average molecular weight is 361 g/mol. The van der Waals surface area contributed by atoms with Crippen LogP contribution in [-0.2, 0) is 16.6 Å². The predicted molar refractivity (Wildman–Crippen MR) is 96.5 cm³/mol. The van der Waals surface area contributed by atoms with Crippen molar-refractivity contribution in [2.75, 3.05) is 13.6 Å². The van der Waals surface area contributed by atoms with Gasteiger partial charge >= 0.3 is 0 Å². The molecule has 2 rings (SSSR count). The molecule has 1 aromatic heterocycles. The number of pyridine rings is 1. The summed E-state index contributed by atoms with van der Waals surface area (Å²) in [7, 11) is -2.15. The number of carbonyl (C=O) groups is 1. The van der Waals surface area contributed by atoms with E-state index < -0.39 is 10.0 Å². The highest BCUT2D eigenvalue weighted by molar-refractivity contribution is 7.89. The Labute approximate surface area is 148 Å². The third-order valence-corrected chi connectivity index (χ3v) is 5.44. The maximum absolute atomic E-state index is 13.0. The summed E-state index contributed by atoms with van der Waals surface area (Å²) >= 11 is 0. The molecule has 0 saturated carbocycles. The first-order chi connectivity index (χ1) is 11.8. The Morgan fingerprint density at radius 3 is 2.36 bits per heavy atom. The maximum atomic E-state index is 13.0. The molecule has 134 valence electrons. The van der Waals surface area contributed by atoms with Crippen LogP contribution in [0.4, 0.5) is 0 Å². The summed E-state index contributed by atoms with van der Waals surface area (Å²) in [6.07, 6.45) is 1.65. The van der Waals surface area contributed by atoms with E-state index in [1.165, 1.54) is 35.6 Å². The lowest BCUT2D eigenvalue weighted by atomic mass is 10.2. The summed E-state index contributed by atoms with van der Waals surface area (Å²) in [6.45, 7) is 4.53. The van der Waals surface area contributed by atoms with Gasteiger partial charge in [-0.2, -0.15) is 4.31 Å². The molecular weight excluding hydrogens is 338 g/mol. The van der Waals surface area contributed by atoms with Crippen molar-refractivity contribution in [3.8, 4) is 0 Å². The van der Waals surface area contributed by atoms with E-state index in [1.54, 1.807) is 18.3 Å². The van der Waals surface area contributed by atoms with Crippen molar-refractivity contribution in [2.45, 2.75) is 25.3 Å². The van der Waals surface area contributed by atoms with Gasteiger partial charge in [-0.15, -0.1) is 0 Å². The molecule has 0 fully saturated rings. The smallest absolute Gasteiger partial charge is 0.251 e. The molecule has 25 heavy (non-hydrogen) atoms. The summed E-state index contributed by atoms with van der Waals surface area (Å²) in [5.41, 5.74) is 1.11. The van der Waals surface area contributed by atoms with Gasteiger partial charge < -0.3 is 5.32 Å². The summed E-state index contributed by atoms with van der Waals surface area (Å²) in [5, 5.41) is 2.51. The lowest BCUT2D eigenvalue weighted by Crippen LogP contribution is -2.34. The van der Waals surface area contributed by atoms with Crippen LogP contribution >= 0.6 is 0 Å². The molecule has 1 aromatic carbocycles. The van der Waals surface area contributed by atoms with Crippen molar-refractivity contribution in [1.29, 1.82) is 0 Å². The molecule has 0 aliphatic rings. The van der Waals surface area contributed by atoms with Gasteiger partial charge in [0.2, 0.25) is 10.0 Å². The van der Waals surface area contributed by atoms with E-state index in [9.17, 15) is 13.2 Å². The molecule has 0 unspecified atom stereocenters. The minimum Gasteiger partial charge on any atom is -0.355 e. The van der Waals surface area contributed by atoms with Crippen LogP contribution in [0.3, 0.4) is 0 Å². The van der Waals surface area contributed by atoms with Crippen LogP contribution in [0, 0.1) is 5.92 Å². The standard InChI is InChI=1S/C18H23N3O3S/c1-14(2)12-21(13-16-6-4-5-11-20-16)25(23,24)17-9-7-15(8-10-17)18(22)19-3/h4-11,14H,12-13H2,1-3H3,(H,19,22). The first-order valence-corrected chi connectivity index (χ1v) is 9.51. The predicted octanol–water partition coefficient (Wildman–Crippen LogP) is 2.29. The van der Waals surface area contributed by atoms with Crippen molar-refractivity contribution >= 4 is 15.9 Å². The lowest BCUT2D eigenvalue weighted by molar-refractivity contribution is 0.0963. The lowest BCUT2D eigenvalue weighted by Gasteiger charge is -2.23. The Hall–Kier alpha value is -2.25. The normalized spacial score (nSPS) is 11.7. The number of hydrogen-bond donors (Lipinski definition) is 1. The monoisotopic (exact) mass is 361 g/mol. The molecule has 0 aliphatic heterocycles. The number of amides is 1. The fraction of sp³-hybridized carbons (Fsp3) is 0.333. The fourth-order valence-corrected chi connectivity index (χ4v) is 3.97. The molecule has 2 aromatic rings. The van der Waals surface area contributed by atoms with Crippen molar-refractivity contribution in [3.05, 3.63) is 59.9 Å². The van der Waals surface area contributed by atoms with E-state index in [2.05, 4.69) is 10.3 Å². The number of hydrogen-bond acceptors (Lipinski definition) is 4. The van der Waals surface area contributed by atoms with E-state index in [-0.39, 0.29) is 23.3 Å². The molecule has 0 radical (unpaired) electrons. The van der Waals surface area contributed by atoms with E-state index >= 15 is 0 Å². The minimum absolute atomic E-state index is 0.164. The van der Waals surface area contributed by atoms with Crippen LogP contribution in [0.25, 0.3) is 0 Å². The minimum atomic E-state index is -3.68. The number of nitrogens with one attached hydrogen (secondary N) is 1. The molecule has 0 spiro atoms. The van der Waals surface area contributed by atoms with Crippen LogP contribution in [0.15, 0.2) is 53.6 Å². The number of benzene rings is 1. The molecule has 0 saturated heterocycles. The van der Waals surface area contributed by atoms with Gasteiger partial charge in [0.15, 0.2) is 0 Å². The van der Waals surface area contributed by atoms with Crippen molar-refractivity contribution in [1.82, 2.24) is 14.6 Å². The van der Waals surface area contributed by atoms with Crippen LogP contribution < -0.4 is 5.32 Å². The maximum Gasteiger partial charge on any atom is 0.251 e. The van der Waals surface area contributed by atoms with Crippen LogP contribution in [0.5, 0.6) is 0 Å². The molecule has 7 heteroatoms. The third-order valence-electron chi connectivity index (χ3n) is 3.61. The Morgan fingerprint density at radius 1 is 1.16 bits per heavy atom. The van der Waals surface area contributed by atoms with Gasteiger partial charge in [-0.1, -0.05) is 19.9 Å². The second kappa shape index (κ2) is 8.22. The SMILES string of the molecule is CNC(=O)c1ccc(S(=O)(=O)N(Cc2ccccn2)CC(C)C)cc1. The van der Waals surface area contributed by atoms with Crippen molar-refractivity contribution in [3.63, 3.8) is 0 Å². The zero-order valence-electron chi connectivity index (χ0n) is 14.6. The second-order valence-electron chi connectivity index (χ2n) is 6.12. The third kappa shape index (κ3) is 4.87. The van der Waals surface area contributed by atoms with Crippen LogP contribution in [-0.4, -0.2) is 37.2 Å². The molecule has 6 nitrogen and oxygen atoms in total. The Kier molecular flexibility index (Phi) is 6.27. The number of sulfonamides is 1. The highest BCUT2D eigenvalue weighted by Gasteiger charge is 2.26. The average Bonchev–Trinajstić information content (AvgIpc) is 2.61. The van der Waals surface area contributed by atoms with E-state index in [0.717, 1.165) is 0 Å². The molecular formula is C18H23N3O3S. The van der Waals surface area contributed by atoms with E-state index in [1.807, 2.05) is 19.9 Å². The van der Waals surface area contributed by atoms with Gasteiger partial charge in [-0.3, -0.25) is 9.78 Å². The van der Waals surface area contributed by atoms with E-state index in [4.69, 9.17) is 0 Å². The molecule has 1 amide bonds. The van der Waals surface area contributed by atoms with Gasteiger partial charge in [0.25, 0.3) is 5.91 Å². The van der Waals surface area contributed by atoms with Gasteiger partial charge in [0.05, 0.1) is 17.1 Å². The quantitative estimate of drug-likeness (QED) is 0.821. The van der Waals surface area contributed by atoms with Crippen molar-refractivity contribution in [2.24, 2.45) is 5.92 Å². The Bertz CT molecular complexity index is 803.